The summed E-state index contributed by atoms with van der Waals surface area (Å²) in [4.78, 5) is 12.9. The molecule has 0 saturated heterocycles. The molecule has 12 heavy (non-hydrogen) atoms. The lowest BCUT2D eigenvalue weighted by Gasteiger charge is -2.16. The fourth-order valence-corrected chi connectivity index (χ4v) is 0.825. The van der Waals surface area contributed by atoms with Crippen molar-refractivity contribution in [3.8, 4) is 0 Å². The van der Waals surface area contributed by atoms with E-state index in [0.717, 1.165) is 13.1 Å². The van der Waals surface area contributed by atoms with E-state index in [1.54, 1.807) is 11.9 Å². The van der Waals surface area contributed by atoms with Gasteiger partial charge in [0.25, 0.3) is 0 Å². The zero-order chi connectivity index (χ0) is 9.40. The Morgan fingerprint density at radius 1 is 1.58 bits per heavy atom. The summed E-state index contributed by atoms with van der Waals surface area (Å²) < 4.78 is 0. The Balaban J connectivity index is 3.47. The van der Waals surface area contributed by atoms with Gasteiger partial charge in [-0.2, -0.15) is 0 Å². The third kappa shape index (κ3) is 5.09. The Hall–Kier alpha value is -0.610. The maximum atomic E-state index is 11.2. The van der Waals surface area contributed by atoms with Gasteiger partial charge < -0.3 is 15.3 Å². The molecule has 2 N–H and O–H groups in total. The Kier molecular flexibility index (Phi) is 6.70. The van der Waals surface area contributed by atoms with Gasteiger partial charge in [-0.3, -0.25) is 4.79 Å². The third-order valence-corrected chi connectivity index (χ3v) is 1.67. The summed E-state index contributed by atoms with van der Waals surface area (Å²) in [6.45, 7) is 1.62. The number of hydrogen-bond acceptors (Lipinski definition) is 3. The molecule has 1 amide bonds. The van der Waals surface area contributed by atoms with Crippen LogP contribution >= 0.6 is 0 Å². The highest BCUT2D eigenvalue weighted by Crippen LogP contribution is 1.93. The summed E-state index contributed by atoms with van der Waals surface area (Å²) in [6.07, 6.45) is 0.999. The minimum absolute atomic E-state index is 0.0889. The zero-order valence-electron chi connectivity index (χ0n) is 7.84. The minimum atomic E-state index is 0.0889. The highest BCUT2D eigenvalue weighted by Gasteiger charge is 2.06. The van der Waals surface area contributed by atoms with Crippen LogP contribution in [0.1, 0.15) is 12.8 Å². The molecule has 0 heterocycles. The fraction of sp³-hybridized carbons (Fsp3) is 0.875. The first-order chi connectivity index (χ1) is 5.72. The van der Waals surface area contributed by atoms with Crippen molar-refractivity contribution in [2.24, 2.45) is 0 Å². The van der Waals surface area contributed by atoms with E-state index in [2.05, 4.69) is 5.32 Å². The number of carbonyl (C=O) groups is 1. The first kappa shape index (κ1) is 11.4. The van der Waals surface area contributed by atoms with Crippen molar-refractivity contribution in [3.63, 3.8) is 0 Å². The van der Waals surface area contributed by atoms with Gasteiger partial charge in [0, 0.05) is 33.2 Å². The monoisotopic (exact) mass is 174 g/mol. The SMILES string of the molecule is CNCCN(C)C(=O)CCCO. The minimum Gasteiger partial charge on any atom is -0.396 e. The highest BCUT2D eigenvalue weighted by molar-refractivity contribution is 5.75. The van der Waals surface area contributed by atoms with Gasteiger partial charge in [-0.25, -0.2) is 0 Å². The number of rotatable bonds is 6. The number of likely N-dealkylation sites (N-methyl/N-ethyl adjacent to an activating group) is 2. The van der Waals surface area contributed by atoms with E-state index >= 15 is 0 Å². The van der Waals surface area contributed by atoms with Crippen molar-refractivity contribution in [2.45, 2.75) is 12.8 Å². The predicted octanol–water partition coefficient (Wildman–Crippen LogP) is -0.563. The lowest BCUT2D eigenvalue weighted by atomic mass is 10.3. The normalized spacial score (nSPS) is 9.92. The van der Waals surface area contributed by atoms with Crippen molar-refractivity contribution >= 4 is 5.91 Å². The van der Waals surface area contributed by atoms with Crippen LogP contribution in [0, 0.1) is 0 Å². The number of carbonyl (C=O) groups excluding carboxylic acids is 1. The van der Waals surface area contributed by atoms with Crippen molar-refractivity contribution in [2.75, 3.05) is 33.8 Å². The molecule has 0 spiro atoms. The van der Waals surface area contributed by atoms with Gasteiger partial charge >= 0.3 is 0 Å². The van der Waals surface area contributed by atoms with E-state index in [1.807, 2.05) is 7.05 Å². The fourth-order valence-electron chi connectivity index (χ4n) is 0.825. The number of amides is 1. The van der Waals surface area contributed by atoms with Gasteiger partial charge in [0.1, 0.15) is 0 Å². The number of aliphatic hydroxyl groups excluding tert-OH is 1. The highest BCUT2D eigenvalue weighted by atomic mass is 16.3. The molecule has 0 aromatic rings. The van der Waals surface area contributed by atoms with Crippen molar-refractivity contribution in [1.82, 2.24) is 10.2 Å². The van der Waals surface area contributed by atoms with Gasteiger partial charge in [0.05, 0.1) is 0 Å². The zero-order valence-corrected chi connectivity index (χ0v) is 7.84. The summed E-state index contributed by atoms with van der Waals surface area (Å²) in [5.74, 6) is 0.0966. The van der Waals surface area contributed by atoms with Crippen LogP contribution in [-0.4, -0.2) is 49.7 Å². The predicted molar refractivity (Wildman–Crippen MR) is 47.9 cm³/mol. The number of aliphatic hydroxyl groups is 1. The Labute approximate surface area is 73.6 Å². The Bertz CT molecular complexity index is 128. The van der Waals surface area contributed by atoms with E-state index in [0.29, 0.717) is 12.8 Å². The molecule has 4 nitrogen and oxygen atoms in total. The van der Waals surface area contributed by atoms with Crippen LogP contribution in [0.2, 0.25) is 0 Å². The summed E-state index contributed by atoms with van der Waals surface area (Å²) in [5, 5.41) is 11.5. The Morgan fingerprint density at radius 2 is 2.25 bits per heavy atom. The van der Waals surface area contributed by atoms with Crippen LogP contribution in [0.15, 0.2) is 0 Å². The van der Waals surface area contributed by atoms with Crippen molar-refractivity contribution < 1.29 is 9.90 Å². The number of nitrogens with zero attached hydrogens (tertiary/aromatic N) is 1. The van der Waals surface area contributed by atoms with Crippen LogP contribution in [0.25, 0.3) is 0 Å². The average Bonchev–Trinajstić information content (AvgIpc) is 2.10. The molecule has 0 aromatic carbocycles. The molecular formula is C8H18N2O2. The van der Waals surface area contributed by atoms with Crippen LogP contribution in [-0.2, 0) is 4.79 Å². The lowest BCUT2D eigenvalue weighted by molar-refractivity contribution is -0.130. The van der Waals surface area contributed by atoms with Gasteiger partial charge in [0.2, 0.25) is 5.91 Å². The smallest absolute Gasteiger partial charge is 0.222 e. The first-order valence-electron chi connectivity index (χ1n) is 4.21. The second-order valence-electron chi connectivity index (χ2n) is 2.75. The molecule has 0 rings (SSSR count). The largest absolute Gasteiger partial charge is 0.396 e. The molecule has 0 saturated carbocycles. The molecule has 0 fully saturated rings. The summed E-state index contributed by atoms with van der Waals surface area (Å²) in [5.41, 5.74) is 0. The van der Waals surface area contributed by atoms with E-state index in [4.69, 9.17) is 5.11 Å². The second-order valence-corrected chi connectivity index (χ2v) is 2.75. The Morgan fingerprint density at radius 3 is 2.75 bits per heavy atom. The first-order valence-corrected chi connectivity index (χ1v) is 4.21. The summed E-state index contributed by atoms with van der Waals surface area (Å²) >= 11 is 0. The van der Waals surface area contributed by atoms with E-state index in [9.17, 15) is 4.79 Å². The number of nitrogens with one attached hydrogen (secondary N) is 1. The molecule has 0 aliphatic carbocycles. The standard InChI is InChI=1S/C8H18N2O2/c1-9-5-6-10(2)8(12)4-3-7-11/h9,11H,3-7H2,1-2H3. The van der Waals surface area contributed by atoms with Crippen LogP contribution < -0.4 is 5.32 Å². The molecule has 4 heteroatoms. The van der Waals surface area contributed by atoms with Crippen LogP contribution in [0.4, 0.5) is 0 Å². The van der Waals surface area contributed by atoms with Crippen molar-refractivity contribution in [3.05, 3.63) is 0 Å². The van der Waals surface area contributed by atoms with E-state index in [-0.39, 0.29) is 12.5 Å². The van der Waals surface area contributed by atoms with Gasteiger partial charge in [0.15, 0.2) is 0 Å². The average molecular weight is 174 g/mol. The maximum Gasteiger partial charge on any atom is 0.222 e. The van der Waals surface area contributed by atoms with Crippen molar-refractivity contribution in [1.29, 1.82) is 0 Å². The maximum absolute atomic E-state index is 11.2. The molecule has 0 bridgehead atoms. The topological polar surface area (TPSA) is 52.6 Å². The molecule has 72 valence electrons. The van der Waals surface area contributed by atoms with E-state index in [1.165, 1.54) is 0 Å². The molecule has 0 atom stereocenters. The quantitative estimate of drug-likeness (QED) is 0.567. The van der Waals surface area contributed by atoms with E-state index < -0.39 is 0 Å². The molecular weight excluding hydrogens is 156 g/mol. The lowest BCUT2D eigenvalue weighted by Crippen LogP contribution is -2.32. The third-order valence-electron chi connectivity index (χ3n) is 1.67. The molecule has 0 unspecified atom stereocenters. The second kappa shape index (κ2) is 7.06. The molecule has 0 aliphatic rings. The van der Waals surface area contributed by atoms with Gasteiger partial charge in [-0.15, -0.1) is 0 Å². The van der Waals surface area contributed by atoms with Gasteiger partial charge in [-0.1, -0.05) is 0 Å². The molecule has 0 radical (unpaired) electrons. The van der Waals surface area contributed by atoms with Gasteiger partial charge in [-0.05, 0) is 13.5 Å². The molecule has 0 aromatic heterocycles. The van der Waals surface area contributed by atoms with Crippen LogP contribution in [0.3, 0.4) is 0 Å². The molecule has 0 aliphatic heterocycles. The summed E-state index contributed by atoms with van der Waals surface area (Å²) in [6, 6.07) is 0. The van der Waals surface area contributed by atoms with Crippen LogP contribution in [0.5, 0.6) is 0 Å². The number of hydrogen-bond donors (Lipinski definition) is 2. The summed E-state index contributed by atoms with van der Waals surface area (Å²) in [7, 11) is 3.63.